The molecule has 0 bridgehead atoms. The summed E-state index contributed by atoms with van der Waals surface area (Å²) in [4.78, 5) is 0. The summed E-state index contributed by atoms with van der Waals surface area (Å²) < 4.78 is 1.93. The molecule has 2 N–H and O–H groups in total. The van der Waals surface area contributed by atoms with Crippen LogP contribution < -0.4 is 5.73 Å². The van der Waals surface area contributed by atoms with Crippen LogP contribution >= 0.6 is 0 Å². The van der Waals surface area contributed by atoms with Gasteiger partial charge in [-0.15, -0.1) is 5.10 Å². The van der Waals surface area contributed by atoms with E-state index >= 15 is 0 Å². The Balaban J connectivity index is 2.20. The third-order valence-electron chi connectivity index (χ3n) is 4.00. The van der Waals surface area contributed by atoms with Gasteiger partial charge in [0, 0.05) is 6.54 Å². The van der Waals surface area contributed by atoms with Gasteiger partial charge in [-0.05, 0) is 18.1 Å². The Morgan fingerprint density at radius 1 is 1.04 bits per heavy atom. The minimum atomic E-state index is 0.0419. The Morgan fingerprint density at radius 3 is 2.04 bits per heavy atom. The Bertz CT molecular complexity index is 767. The summed E-state index contributed by atoms with van der Waals surface area (Å²) in [5, 5.41) is 8.63. The van der Waals surface area contributed by atoms with E-state index in [1.165, 1.54) is 11.1 Å². The minimum absolute atomic E-state index is 0.0419. The van der Waals surface area contributed by atoms with Gasteiger partial charge in [-0.3, -0.25) is 0 Å². The molecular weight excluding hydrogens is 296 g/mol. The van der Waals surface area contributed by atoms with E-state index in [0.717, 1.165) is 17.0 Å². The second-order valence-corrected chi connectivity index (χ2v) is 5.99. The molecule has 0 aliphatic rings. The first-order valence-corrected chi connectivity index (χ1v) is 8.07. The molecule has 0 aliphatic carbocycles. The van der Waals surface area contributed by atoms with Crippen LogP contribution in [-0.4, -0.2) is 15.0 Å². The molecule has 0 atom stereocenters. The van der Waals surface area contributed by atoms with Gasteiger partial charge in [-0.2, -0.15) is 0 Å². The Labute approximate surface area is 142 Å². The first-order chi connectivity index (χ1) is 11.7. The maximum Gasteiger partial charge on any atom is 0.100 e. The second-order valence-electron chi connectivity index (χ2n) is 5.99. The summed E-state index contributed by atoms with van der Waals surface area (Å²) in [5.74, 6) is 0.0419. The lowest BCUT2D eigenvalue weighted by Gasteiger charge is -2.20. The van der Waals surface area contributed by atoms with E-state index in [2.05, 4.69) is 65.4 Å². The predicted octanol–water partition coefficient (Wildman–Crippen LogP) is 3.49. The normalized spacial score (nSPS) is 11.0. The molecule has 0 saturated heterocycles. The van der Waals surface area contributed by atoms with Crippen LogP contribution in [0.1, 0.15) is 35.4 Å². The van der Waals surface area contributed by atoms with Gasteiger partial charge < -0.3 is 5.73 Å². The third kappa shape index (κ3) is 3.29. The molecule has 122 valence electrons. The standard InChI is InChI=1S/C20H22N4/c1-15(2)14-24-20(18(13-21)22-23-24)19(16-9-5-3-6-10-16)17-11-7-4-8-12-17/h3-12,19H,1,13-14,21H2,2H3. The van der Waals surface area contributed by atoms with Crippen molar-refractivity contribution >= 4 is 0 Å². The van der Waals surface area contributed by atoms with Crippen molar-refractivity contribution in [3.63, 3.8) is 0 Å². The van der Waals surface area contributed by atoms with Gasteiger partial charge in [0.1, 0.15) is 5.69 Å². The number of nitrogens with zero attached hydrogens (tertiary/aromatic N) is 3. The van der Waals surface area contributed by atoms with Crippen molar-refractivity contribution in [1.82, 2.24) is 15.0 Å². The maximum atomic E-state index is 5.95. The lowest BCUT2D eigenvalue weighted by Crippen LogP contribution is -2.15. The highest BCUT2D eigenvalue weighted by molar-refractivity contribution is 5.42. The molecule has 0 unspecified atom stereocenters. The zero-order valence-electron chi connectivity index (χ0n) is 13.9. The van der Waals surface area contributed by atoms with E-state index in [0.29, 0.717) is 13.1 Å². The number of nitrogens with two attached hydrogens (primary N) is 1. The molecule has 3 rings (SSSR count). The second kappa shape index (κ2) is 7.23. The van der Waals surface area contributed by atoms with Gasteiger partial charge in [0.25, 0.3) is 0 Å². The number of rotatable bonds is 6. The molecule has 1 aromatic heterocycles. The summed E-state index contributed by atoms with van der Waals surface area (Å²) in [5.41, 5.74) is 11.2. The molecule has 2 aromatic carbocycles. The smallest absolute Gasteiger partial charge is 0.100 e. The third-order valence-corrected chi connectivity index (χ3v) is 4.00. The Morgan fingerprint density at radius 2 is 1.58 bits per heavy atom. The molecule has 0 fully saturated rings. The SMILES string of the molecule is C=C(C)Cn1nnc(CN)c1C(c1ccccc1)c1ccccc1. The van der Waals surface area contributed by atoms with Gasteiger partial charge in [-0.25, -0.2) is 4.68 Å². The lowest BCUT2D eigenvalue weighted by molar-refractivity contribution is 0.606. The molecule has 0 spiro atoms. The van der Waals surface area contributed by atoms with Crippen molar-refractivity contribution in [2.75, 3.05) is 0 Å². The van der Waals surface area contributed by atoms with Crippen LogP contribution in [0.4, 0.5) is 0 Å². The van der Waals surface area contributed by atoms with Crippen LogP contribution in [0.3, 0.4) is 0 Å². The molecule has 0 amide bonds. The number of allylic oxidation sites excluding steroid dienone is 1. The van der Waals surface area contributed by atoms with Crippen LogP contribution in [0.25, 0.3) is 0 Å². The number of benzene rings is 2. The minimum Gasteiger partial charge on any atom is -0.325 e. The average Bonchev–Trinajstić information content (AvgIpc) is 2.99. The highest BCUT2D eigenvalue weighted by Gasteiger charge is 2.25. The van der Waals surface area contributed by atoms with E-state index in [4.69, 9.17) is 5.73 Å². The van der Waals surface area contributed by atoms with Crippen molar-refractivity contribution in [1.29, 1.82) is 0 Å². The summed E-state index contributed by atoms with van der Waals surface area (Å²) in [6, 6.07) is 20.8. The summed E-state index contributed by atoms with van der Waals surface area (Å²) in [7, 11) is 0. The first kappa shape index (κ1) is 16.1. The molecular formula is C20H22N4. The Kier molecular flexibility index (Phi) is 4.87. The van der Waals surface area contributed by atoms with Crippen molar-refractivity contribution in [2.24, 2.45) is 5.73 Å². The monoisotopic (exact) mass is 318 g/mol. The van der Waals surface area contributed by atoms with E-state index in [1.54, 1.807) is 0 Å². The highest BCUT2D eigenvalue weighted by Crippen LogP contribution is 2.33. The summed E-state index contributed by atoms with van der Waals surface area (Å²) in [6.45, 7) is 7.01. The number of aromatic nitrogens is 3. The zero-order chi connectivity index (χ0) is 16.9. The van der Waals surface area contributed by atoms with Crippen molar-refractivity contribution < 1.29 is 0 Å². The van der Waals surface area contributed by atoms with Crippen molar-refractivity contribution in [2.45, 2.75) is 25.9 Å². The highest BCUT2D eigenvalue weighted by atomic mass is 15.4. The molecule has 1 heterocycles. The fourth-order valence-electron chi connectivity index (χ4n) is 2.99. The molecule has 3 aromatic rings. The maximum absolute atomic E-state index is 5.95. The molecule has 24 heavy (non-hydrogen) atoms. The van der Waals surface area contributed by atoms with Gasteiger partial charge in [-0.1, -0.05) is 78.0 Å². The fraction of sp³-hybridized carbons (Fsp3) is 0.200. The van der Waals surface area contributed by atoms with Crippen LogP contribution in [0.5, 0.6) is 0 Å². The number of hydrogen-bond acceptors (Lipinski definition) is 3. The van der Waals surface area contributed by atoms with Crippen LogP contribution in [0, 0.1) is 0 Å². The lowest BCUT2D eigenvalue weighted by atomic mass is 9.87. The number of hydrogen-bond donors (Lipinski definition) is 1. The summed E-state index contributed by atoms with van der Waals surface area (Å²) in [6.07, 6.45) is 0. The quantitative estimate of drug-likeness (QED) is 0.708. The first-order valence-electron chi connectivity index (χ1n) is 8.07. The molecule has 4 nitrogen and oxygen atoms in total. The topological polar surface area (TPSA) is 56.7 Å². The fourth-order valence-corrected chi connectivity index (χ4v) is 2.99. The summed E-state index contributed by atoms with van der Waals surface area (Å²) >= 11 is 0. The molecule has 0 saturated carbocycles. The van der Waals surface area contributed by atoms with Gasteiger partial charge >= 0.3 is 0 Å². The van der Waals surface area contributed by atoms with Crippen LogP contribution in [0.15, 0.2) is 72.8 Å². The predicted molar refractivity (Wildman–Crippen MR) is 96.6 cm³/mol. The van der Waals surface area contributed by atoms with Gasteiger partial charge in [0.2, 0.25) is 0 Å². The molecule has 0 radical (unpaired) electrons. The van der Waals surface area contributed by atoms with E-state index in [1.807, 2.05) is 23.7 Å². The van der Waals surface area contributed by atoms with E-state index in [-0.39, 0.29) is 5.92 Å². The van der Waals surface area contributed by atoms with Crippen molar-refractivity contribution in [3.8, 4) is 0 Å². The Hall–Kier alpha value is -2.72. The largest absolute Gasteiger partial charge is 0.325 e. The molecule has 4 heteroatoms. The van der Waals surface area contributed by atoms with E-state index in [9.17, 15) is 0 Å². The molecule has 0 aliphatic heterocycles. The van der Waals surface area contributed by atoms with E-state index < -0.39 is 0 Å². The average molecular weight is 318 g/mol. The van der Waals surface area contributed by atoms with Crippen LogP contribution in [-0.2, 0) is 13.1 Å². The zero-order valence-corrected chi connectivity index (χ0v) is 13.9. The van der Waals surface area contributed by atoms with Gasteiger partial charge in [0.05, 0.1) is 18.2 Å². The van der Waals surface area contributed by atoms with Gasteiger partial charge in [0.15, 0.2) is 0 Å². The van der Waals surface area contributed by atoms with Crippen molar-refractivity contribution in [3.05, 3.63) is 95.3 Å². The van der Waals surface area contributed by atoms with Crippen LogP contribution in [0.2, 0.25) is 0 Å².